The van der Waals surface area contributed by atoms with Gasteiger partial charge in [0.25, 0.3) is 0 Å². The molecule has 1 fully saturated rings. The molecule has 2 heterocycles. The number of likely N-dealkylation sites (tertiary alicyclic amines) is 1. The van der Waals surface area contributed by atoms with Crippen LogP contribution in [0.15, 0.2) is 36.5 Å². The van der Waals surface area contributed by atoms with Crippen molar-refractivity contribution in [1.82, 2.24) is 15.2 Å². The molecule has 6 nitrogen and oxygen atoms in total. The molecule has 3 rings (SSSR count). The first-order valence-electron chi connectivity index (χ1n) is 9.38. The van der Waals surface area contributed by atoms with Crippen LogP contribution in [0, 0.1) is 0 Å². The van der Waals surface area contributed by atoms with Crippen LogP contribution in [0.1, 0.15) is 24.1 Å². The molecule has 0 saturated carbocycles. The lowest BCUT2D eigenvalue weighted by Crippen LogP contribution is -2.45. The third-order valence-corrected chi connectivity index (χ3v) is 4.99. The first-order valence-corrected chi connectivity index (χ1v) is 9.38. The van der Waals surface area contributed by atoms with Crippen molar-refractivity contribution in [3.8, 4) is 17.2 Å². The Morgan fingerprint density at radius 1 is 1.07 bits per heavy atom. The van der Waals surface area contributed by atoms with Crippen molar-refractivity contribution in [2.45, 2.75) is 32.0 Å². The van der Waals surface area contributed by atoms with E-state index in [1.807, 2.05) is 30.5 Å². The molecule has 146 valence electrons. The number of piperidine rings is 1. The molecule has 1 atom stereocenters. The fourth-order valence-corrected chi connectivity index (χ4v) is 3.57. The molecule has 1 aliphatic rings. The second-order valence-electron chi connectivity index (χ2n) is 6.80. The predicted octanol–water partition coefficient (Wildman–Crippen LogP) is 2.86. The normalized spacial score (nSPS) is 17.5. The zero-order valence-corrected chi connectivity index (χ0v) is 16.4. The van der Waals surface area contributed by atoms with Gasteiger partial charge in [-0.3, -0.25) is 9.88 Å². The zero-order chi connectivity index (χ0) is 19.1. The average molecular weight is 371 g/mol. The van der Waals surface area contributed by atoms with E-state index in [4.69, 9.17) is 14.2 Å². The Morgan fingerprint density at radius 2 is 1.85 bits per heavy atom. The lowest BCUT2D eigenvalue weighted by molar-refractivity contribution is 0.180. The Bertz CT molecular complexity index is 724. The summed E-state index contributed by atoms with van der Waals surface area (Å²) < 4.78 is 16.3. The molecule has 0 bridgehead atoms. The Kier molecular flexibility index (Phi) is 6.90. The summed E-state index contributed by atoms with van der Waals surface area (Å²) in [5.74, 6) is 2.20. The predicted molar refractivity (Wildman–Crippen MR) is 105 cm³/mol. The van der Waals surface area contributed by atoms with Crippen LogP contribution >= 0.6 is 0 Å². The Balaban J connectivity index is 1.60. The van der Waals surface area contributed by atoms with E-state index in [1.54, 1.807) is 21.3 Å². The maximum atomic E-state index is 5.53. The maximum absolute atomic E-state index is 5.53. The van der Waals surface area contributed by atoms with E-state index < -0.39 is 0 Å². The zero-order valence-electron chi connectivity index (χ0n) is 16.4. The second-order valence-corrected chi connectivity index (χ2v) is 6.80. The molecule has 1 aromatic carbocycles. The molecule has 27 heavy (non-hydrogen) atoms. The minimum absolute atomic E-state index is 0.445. The first kappa shape index (κ1) is 19.5. The van der Waals surface area contributed by atoms with Gasteiger partial charge in [-0.25, -0.2) is 0 Å². The second kappa shape index (κ2) is 9.58. The van der Waals surface area contributed by atoms with E-state index in [0.717, 1.165) is 48.9 Å². The largest absolute Gasteiger partial charge is 0.496 e. The summed E-state index contributed by atoms with van der Waals surface area (Å²) in [5.41, 5.74) is 2.19. The number of hydrogen-bond acceptors (Lipinski definition) is 6. The SMILES string of the molecule is COc1cc(OC)c(OC)cc1CN[C@@H]1CCCN(Cc2ccccn2)C1. The van der Waals surface area contributed by atoms with Crippen molar-refractivity contribution in [3.05, 3.63) is 47.8 Å². The van der Waals surface area contributed by atoms with E-state index in [2.05, 4.69) is 21.3 Å². The van der Waals surface area contributed by atoms with E-state index in [1.165, 1.54) is 12.8 Å². The minimum atomic E-state index is 0.445. The summed E-state index contributed by atoms with van der Waals surface area (Å²) in [7, 11) is 4.96. The van der Waals surface area contributed by atoms with Gasteiger partial charge in [-0.2, -0.15) is 0 Å². The van der Waals surface area contributed by atoms with Crippen LogP contribution in [0.25, 0.3) is 0 Å². The van der Waals surface area contributed by atoms with Crippen molar-refractivity contribution in [2.75, 3.05) is 34.4 Å². The molecule has 0 amide bonds. The van der Waals surface area contributed by atoms with E-state index in [0.29, 0.717) is 11.8 Å². The third-order valence-electron chi connectivity index (χ3n) is 4.99. The molecule has 2 aromatic rings. The number of hydrogen-bond donors (Lipinski definition) is 1. The van der Waals surface area contributed by atoms with Gasteiger partial charge in [0.15, 0.2) is 11.5 Å². The van der Waals surface area contributed by atoms with Crippen LogP contribution < -0.4 is 19.5 Å². The number of pyridine rings is 1. The van der Waals surface area contributed by atoms with Crippen molar-refractivity contribution >= 4 is 0 Å². The van der Waals surface area contributed by atoms with Gasteiger partial charge in [0.05, 0.1) is 27.0 Å². The number of aromatic nitrogens is 1. The number of nitrogens with zero attached hydrogens (tertiary/aromatic N) is 2. The quantitative estimate of drug-likeness (QED) is 0.770. The first-order chi connectivity index (χ1) is 13.2. The number of benzene rings is 1. The number of rotatable bonds is 8. The van der Waals surface area contributed by atoms with E-state index >= 15 is 0 Å². The fourth-order valence-electron chi connectivity index (χ4n) is 3.57. The highest BCUT2D eigenvalue weighted by atomic mass is 16.5. The average Bonchev–Trinajstić information content (AvgIpc) is 2.72. The highest BCUT2D eigenvalue weighted by Crippen LogP contribution is 2.34. The highest BCUT2D eigenvalue weighted by molar-refractivity contribution is 5.50. The summed E-state index contributed by atoms with van der Waals surface area (Å²) in [4.78, 5) is 6.91. The molecular weight excluding hydrogens is 342 g/mol. The minimum Gasteiger partial charge on any atom is -0.496 e. The van der Waals surface area contributed by atoms with Crippen LogP contribution in [0.3, 0.4) is 0 Å². The molecule has 0 unspecified atom stereocenters. The molecule has 1 aliphatic heterocycles. The van der Waals surface area contributed by atoms with Gasteiger partial charge < -0.3 is 19.5 Å². The van der Waals surface area contributed by atoms with Crippen LogP contribution in [0.5, 0.6) is 17.2 Å². The standard InChI is InChI=1S/C21H29N3O3/c1-25-19-12-21(27-3)20(26-2)11-16(19)13-23-18-8-6-10-24(15-18)14-17-7-4-5-9-22-17/h4-5,7,9,11-12,18,23H,6,8,10,13-15H2,1-3H3/t18-/m1/s1. The van der Waals surface area contributed by atoms with Crippen molar-refractivity contribution in [1.29, 1.82) is 0 Å². The molecule has 0 radical (unpaired) electrons. The molecule has 0 spiro atoms. The van der Waals surface area contributed by atoms with Crippen molar-refractivity contribution in [3.63, 3.8) is 0 Å². The van der Waals surface area contributed by atoms with Gasteiger partial charge in [0.2, 0.25) is 0 Å². The summed E-state index contributed by atoms with van der Waals surface area (Å²) in [6, 6.07) is 10.4. The van der Waals surface area contributed by atoms with Crippen LogP contribution in [-0.2, 0) is 13.1 Å². The van der Waals surface area contributed by atoms with Gasteiger partial charge in [0.1, 0.15) is 5.75 Å². The monoisotopic (exact) mass is 371 g/mol. The third kappa shape index (κ3) is 5.11. The van der Waals surface area contributed by atoms with Gasteiger partial charge in [-0.1, -0.05) is 6.07 Å². The summed E-state index contributed by atoms with van der Waals surface area (Å²) in [6.07, 6.45) is 4.22. The lowest BCUT2D eigenvalue weighted by atomic mass is 10.0. The lowest BCUT2D eigenvalue weighted by Gasteiger charge is -2.33. The number of ether oxygens (including phenoxy) is 3. The van der Waals surface area contributed by atoms with E-state index in [-0.39, 0.29) is 0 Å². The van der Waals surface area contributed by atoms with Crippen LogP contribution in [0.2, 0.25) is 0 Å². The molecule has 1 aromatic heterocycles. The van der Waals surface area contributed by atoms with Gasteiger partial charge >= 0.3 is 0 Å². The highest BCUT2D eigenvalue weighted by Gasteiger charge is 2.21. The molecular formula is C21H29N3O3. The van der Waals surface area contributed by atoms with Gasteiger partial charge in [-0.15, -0.1) is 0 Å². The smallest absolute Gasteiger partial charge is 0.164 e. The van der Waals surface area contributed by atoms with Crippen LogP contribution in [-0.4, -0.2) is 50.3 Å². The van der Waals surface area contributed by atoms with Crippen LogP contribution in [0.4, 0.5) is 0 Å². The Labute approximate surface area is 161 Å². The summed E-state index contributed by atoms with van der Waals surface area (Å²) in [6.45, 7) is 3.77. The molecule has 0 aliphatic carbocycles. The van der Waals surface area contributed by atoms with Gasteiger partial charge in [-0.05, 0) is 37.6 Å². The van der Waals surface area contributed by atoms with Gasteiger partial charge in [0, 0.05) is 43.5 Å². The number of nitrogens with one attached hydrogen (secondary N) is 1. The fraction of sp³-hybridized carbons (Fsp3) is 0.476. The maximum Gasteiger partial charge on any atom is 0.164 e. The topological polar surface area (TPSA) is 55.9 Å². The Hall–Kier alpha value is -2.31. The Morgan fingerprint density at radius 3 is 2.56 bits per heavy atom. The van der Waals surface area contributed by atoms with Crippen molar-refractivity contribution < 1.29 is 14.2 Å². The molecule has 6 heteroatoms. The van der Waals surface area contributed by atoms with Crippen molar-refractivity contribution in [2.24, 2.45) is 0 Å². The number of methoxy groups -OCH3 is 3. The molecule has 1 N–H and O–H groups in total. The summed E-state index contributed by atoms with van der Waals surface area (Å²) in [5, 5.41) is 3.68. The summed E-state index contributed by atoms with van der Waals surface area (Å²) >= 11 is 0. The molecule has 1 saturated heterocycles. The van der Waals surface area contributed by atoms with E-state index in [9.17, 15) is 0 Å².